The minimum atomic E-state index is -0.498. The van der Waals surface area contributed by atoms with Crippen LogP contribution in [0, 0.1) is 0 Å². The third-order valence-corrected chi connectivity index (χ3v) is 12.1. The molecule has 1 heterocycles. The maximum atomic E-state index is 13.9. The third-order valence-electron chi connectivity index (χ3n) is 12.1. The minimum Gasteiger partial charge on any atom is -0.485 e. The van der Waals surface area contributed by atoms with Gasteiger partial charge in [0.15, 0.2) is 34.5 Å². The second-order valence-electron chi connectivity index (χ2n) is 25.6. The lowest BCUT2D eigenvalue weighted by atomic mass is 9.85. The smallest absolute Gasteiger partial charge is 0.325 e. The Bertz CT molecular complexity index is 1970. The van der Waals surface area contributed by atoms with Crippen molar-refractivity contribution >= 4 is 17.9 Å². The summed E-state index contributed by atoms with van der Waals surface area (Å²) in [5.41, 5.74) is 3.23. The highest BCUT2D eigenvalue weighted by molar-refractivity contribution is 5.78. The lowest BCUT2D eigenvalue weighted by Crippen LogP contribution is -2.37. The van der Waals surface area contributed by atoms with Gasteiger partial charge in [0.05, 0.1) is 103 Å². The summed E-state index contributed by atoms with van der Waals surface area (Å²) in [6.45, 7) is 23.3. The van der Waals surface area contributed by atoms with Crippen molar-refractivity contribution in [2.75, 3.05) is 122 Å². The Balaban J connectivity index is 1.95. The molecular weight excluding hydrogens is 913 g/mol. The molecule has 0 radical (unpaired) electrons. The van der Waals surface area contributed by atoms with E-state index >= 15 is 0 Å². The van der Waals surface area contributed by atoms with Crippen LogP contribution in [0.25, 0.3) is 0 Å². The number of nitrogens with one attached hydrogen (secondary N) is 3. The van der Waals surface area contributed by atoms with Gasteiger partial charge in [-0.15, -0.1) is 0 Å². The predicted molar refractivity (Wildman–Crippen MR) is 286 cm³/mol. The van der Waals surface area contributed by atoms with Crippen LogP contribution in [0.4, 0.5) is 0 Å². The molecule has 1 aliphatic rings. The first-order valence-corrected chi connectivity index (χ1v) is 25.7. The highest BCUT2D eigenvalue weighted by Gasteiger charge is 2.29. The highest BCUT2D eigenvalue weighted by atomic mass is 16.6. The van der Waals surface area contributed by atoms with Crippen LogP contribution in [0.2, 0.25) is 0 Å². The number of benzene rings is 3. The highest BCUT2D eigenvalue weighted by Crippen LogP contribution is 2.44. The van der Waals surface area contributed by atoms with Crippen molar-refractivity contribution in [3.63, 3.8) is 0 Å². The minimum absolute atomic E-state index is 0.0316. The van der Waals surface area contributed by atoms with Crippen LogP contribution in [0.3, 0.4) is 0 Å². The van der Waals surface area contributed by atoms with Gasteiger partial charge in [-0.3, -0.25) is 14.4 Å². The molecule has 3 N–H and O–H groups in total. The zero-order valence-electron chi connectivity index (χ0n) is 47.6. The molecule has 15 heteroatoms. The lowest BCUT2D eigenvalue weighted by molar-refractivity contribution is -0.870. The molecule has 6 bridgehead atoms. The van der Waals surface area contributed by atoms with E-state index in [0.29, 0.717) is 53.6 Å². The average Bonchev–Trinajstić information content (AvgIpc) is 3.22. The number of carbonyl (C=O) groups is 3. The number of carbonyl (C=O) groups excluding carboxylic acids is 3. The van der Waals surface area contributed by atoms with E-state index in [1.54, 1.807) is 0 Å². The fourth-order valence-corrected chi connectivity index (χ4v) is 7.79. The molecule has 0 aliphatic carbocycles. The summed E-state index contributed by atoms with van der Waals surface area (Å²) in [6, 6.07) is 11.6. The lowest BCUT2D eigenvalue weighted by Gasteiger charge is -2.25. The number of rotatable bonds is 21. The number of ether oxygens (including phenoxy) is 6. The van der Waals surface area contributed by atoms with Crippen LogP contribution in [-0.2, 0) is 50.4 Å². The Hall–Kier alpha value is -4.77. The molecule has 0 amide bonds. The van der Waals surface area contributed by atoms with E-state index in [2.05, 4.69) is 142 Å². The molecule has 0 aromatic heterocycles. The summed E-state index contributed by atoms with van der Waals surface area (Å²) >= 11 is 0. The molecule has 1 aliphatic heterocycles. The quantitative estimate of drug-likeness (QED) is 0.0424. The zero-order chi connectivity index (χ0) is 53.9. The number of esters is 3. The van der Waals surface area contributed by atoms with Gasteiger partial charge in [0.25, 0.3) is 0 Å². The fourth-order valence-electron chi connectivity index (χ4n) is 7.79. The zero-order valence-corrected chi connectivity index (χ0v) is 47.6. The van der Waals surface area contributed by atoms with Crippen LogP contribution < -0.4 is 44.4 Å². The normalized spacial score (nSPS) is 13.8. The Morgan fingerprint density at radius 3 is 0.875 bits per heavy atom. The van der Waals surface area contributed by atoms with E-state index in [-0.39, 0.29) is 72.9 Å². The maximum Gasteiger partial charge on any atom is 0.325 e. The summed E-state index contributed by atoms with van der Waals surface area (Å²) in [5, 5.41) is 9.77. The topological polar surface area (TPSA) is 143 Å². The van der Waals surface area contributed by atoms with Crippen molar-refractivity contribution in [2.24, 2.45) is 0 Å². The Morgan fingerprint density at radius 2 is 0.667 bits per heavy atom. The standard InChI is InChI=1S/C57H93N6O9/c1-55(2,3)43-28-40-37-68-47-32-45(57(7,8)9)30-42(54(47)72-51(66)36-60-24-21-27-63(16,17)18)39-69-48-33-44(56(4,5)6)29-41(53(48)71-50(65)35-59-23-20-26-62(13,14)15)38-67-46(31-43)52(40)70-49(64)34-58-22-19-25-61(10,11)12/h28-33,58-60H,19-27,34-39H2,1-18H3/q+3. The van der Waals surface area contributed by atoms with Gasteiger partial charge in [-0.25, -0.2) is 0 Å². The van der Waals surface area contributed by atoms with Gasteiger partial charge in [0.1, 0.15) is 19.8 Å². The first-order valence-electron chi connectivity index (χ1n) is 25.7. The molecule has 0 atom stereocenters. The van der Waals surface area contributed by atoms with Gasteiger partial charge >= 0.3 is 17.9 Å². The van der Waals surface area contributed by atoms with Crippen LogP contribution >= 0.6 is 0 Å². The number of hydrogen-bond acceptors (Lipinski definition) is 12. The molecule has 0 saturated carbocycles. The monoisotopic (exact) mass is 1010 g/mol. The summed E-state index contributed by atoms with van der Waals surface area (Å²) < 4.78 is 41.8. The van der Waals surface area contributed by atoms with Gasteiger partial charge in [-0.2, -0.15) is 0 Å². The molecule has 15 nitrogen and oxygen atoms in total. The molecule has 0 unspecified atom stereocenters. The van der Waals surface area contributed by atoms with Crippen LogP contribution in [0.15, 0.2) is 36.4 Å². The summed E-state index contributed by atoms with van der Waals surface area (Å²) in [7, 11) is 19.2. The van der Waals surface area contributed by atoms with Crippen LogP contribution in [-0.4, -0.2) is 154 Å². The van der Waals surface area contributed by atoms with Crippen molar-refractivity contribution in [2.45, 2.75) is 118 Å². The predicted octanol–water partition coefficient (Wildman–Crippen LogP) is 7.40. The molecule has 4 rings (SSSR count). The first kappa shape index (κ1) is 59.8. The van der Waals surface area contributed by atoms with Crippen LogP contribution in [0.5, 0.6) is 34.5 Å². The van der Waals surface area contributed by atoms with Crippen molar-refractivity contribution < 1.29 is 56.3 Å². The fraction of sp³-hybridized carbons (Fsp3) is 0.632. The second kappa shape index (κ2) is 25.0. The van der Waals surface area contributed by atoms with Gasteiger partial charge in [-0.05, 0) is 69.3 Å². The molecule has 0 fully saturated rings. The van der Waals surface area contributed by atoms with E-state index in [0.717, 1.165) is 69.0 Å². The van der Waals surface area contributed by atoms with Crippen molar-refractivity contribution in [3.8, 4) is 34.5 Å². The molecule has 402 valence electrons. The average molecular weight is 1010 g/mol. The van der Waals surface area contributed by atoms with E-state index in [9.17, 15) is 14.4 Å². The SMILES string of the molecule is CC(C)(C)c1cc2c(OC(=O)CNCCC[N+](C)(C)C)c(c1)OCc1cc(C(C)(C)C)cc(c1OC(=O)CNCCC[N+](C)(C)C)OCc1cc(C(C)(C)C)cc(c1OC(=O)CNCCC[N+](C)(C)C)OC2. The van der Waals surface area contributed by atoms with E-state index in [1.165, 1.54) is 0 Å². The van der Waals surface area contributed by atoms with Crippen LogP contribution in [0.1, 0.15) is 115 Å². The first-order chi connectivity index (χ1) is 33.2. The Morgan fingerprint density at radius 1 is 0.431 bits per heavy atom. The van der Waals surface area contributed by atoms with Crippen molar-refractivity contribution in [1.82, 2.24) is 16.0 Å². The second-order valence-corrected chi connectivity index (χ2v) is 25.6. The van der Waals surface area contributed by atoms with Crippen molar-refractivity contribution in [3.05, 3.63) is 69.8 Å². The largest absolute Gasteiger partial charge is 0.485 e. The third kappa shape index (κ3) is 20.3. The van der Waals surface area contributed by atoms with E-state index < -0.39 is 17.9 Å². The van der Waals surface area contributed by atoms with Gasteiger partial charge in [0, 0.05) is 55.6 Å². The number of nitrogens with zero attached hydrogens (tertiary/aromatic N) is 3. The maximum absolute atomic E-state index is 13.9. The molecule has 3 aromatic rings. The molecule has 0 spiro atoms. The number of fused-ring (bicyclic) bond motifs is 6. The van der Waals surface area contributed by atoms with Crippen molar-refractivity contribution in [1.29, 1.82) is 0 Å². The molecule has 0 saturated heterocycles. The number of hydrogen-bond donors (Lipinski definition) is 3. The van der Waals surface area contributed by atoms with E-state index in [1.807, 2.05) is 36.4 Å². The molecular formula is C57H93N6O9+3. The molecule has 72 heavy (non-hydrogen) atoms. The summed E-state index contributed by atoms with van der Waals surface area (Å²) in [6.07, 6.45) is 2.62. The Kier molecular flexibility index (Phi) is 20.7. The Labute approximate surface area is 432 Å². The summed E-state index contributed by atoms with van der Waals surface area (Å²) in [5.74, 6) is 0.00967. The van der Waals surface area contributed by atoms with Gasteiger partial charge in [0.2, 0.25) is 0 Å². The number of quaternary nitrogens is 3. The molecule has 3 aromatic carbocycles. The van der Waals surface area contributed by atoms with E-state index in [4.69, 9.17) is 28.4 Å². The van der Waals surface area contributed by atoms with Gasteiger partial charge < -0.3 is 57.8 Å². The van der Waals surface area contributed by atoms with Gasteiger partial charge in [-0.1, -0.05) is 62.3 Å². The summed E-state index contributed by atoms with van der Waals surface area (Å²) in [4.78, 5) is 41.7.